The first kappa shape index (κ1) is 21.4. The lowest BCUT2D eigenvalue weighted by Crippen LogP contribution is -2.25. The second-order valence-electron chi connectivity index (χ2n) is 7.13. The summed E-state index contributed by atoms with van der Waals surface area (Å²) < 4.78 is 25.4. The van der Waals surface area contributed by atoms with Gasteiger partial charge in [-0.15, -0.1) is 11.8 Å². The molecule has 6 nitrogen and oxygen atoms in total. The SMILES string of the molecule is Cc1ccccc1CNC(=O)CCS(=O)(=O)c1ccc2c(c1)NC(=O)[C@@H](C)CS2. The third-order valence-electron chi connectivity index (χ3n) is 4.84. The van der Waals surface area contributed by atoms with Crippen LogP contribution in [0, 0.1) is 12.8 Å². The van der Waals surface area contributed by atoms with E-state index in [0.29, 0.717) is 18.0 Å². The molecule has 0 fully saturated rings. The molecule has 1 aliphatic heterocycles. The van der Waals surface area contributed by atoms with E-state index < -0.39 is 9.84 Å². The zero-order valence-electron chi connectivity index (χ0n) is 16.4. The number of nitrogens with one attached hydrogen (secondary N) is 2. The number of carbonyl (C=O) groups excluding carboxylic acids is 2. The largest absolute Gasteiger partial charge is 0.352 e. The smallest absolute Gasteiger partial charge is 0.228 e. The van der Waals surface area contributed by atoms with Crippen LogP contribution >= 0.6 is 11.8 Å². The van der Waals surface area contributed by atoms with Crippen LogP contribution in [0.1, 0.15) is 24.5 Å². The van der Waals surface area contributed by atoms with Gasteiger partial charge in [-0.3, -0.25) is 9.59 Å². The third-order valence-corrected chi connectivity index (χ3v) is 7.89. The maximum absolute atomic E-state index is 12.7. The van der Waals surface area contributed by atoms with Gasteiger partial charge < -0.3 is 10.6 Å². The molecule has 2 N–H and O–H groups in total. The Morgan fingerprint density at radius 1 is 1.24 bits per heavy atom. The zero-order valence-corrected chi connectivity index (χ0v) is 18.0. The van der Waals surface area contributed by atoms with Crippen LogP contribution in [0.25, 0.3) is 0 Å². The molecule has 0 spiro atoms. The highest BCUT2D eigenvalue weighted by atomic mass is 32.2. The van der Waals surface area contributed by atoms with Gasteiger partial charge in [0, 0.05) is 29.5 Å². The Labute approximate surface area is 175 Å². The van der Waals surface area contributed by atoms with Crippen molar-refractivity contribution >= 4 is 39.1 Å². The molecule has 2 aromatic carbocycles. The summed E-state index contributed by atoms with van der Waals surface area (Å²) in [5, 5.41) is 5.56. The third kappa shape index (κ3) is 5.39. The van der Waals surface area contributed by atoms with Crippen molar-refractivity contribution in [2.24, 2.45) is 5.92 Å². The topological polar surface area (TPSA) is 92.3 Å². The molecular weight excluding hydrogens is 408 g/mol. The molecule has 0 radical (unpaired) electrons. The minimum Gasteiger partial charge on any atom is -0.352 e. The molecule has 2 aromatic rings. The molecule has 1 heterocycles. The number of carbonyl (C=O) groups is 2. The first-order valence-electron chi connectivity index (χ1n) is 9.38. The van der Waals surface area contributed by atoms with Crippen molar-refractivity contribution < 1.29 is 18.0 Å². The van der Waals surface area contributed by atoms with Gasteiger partial charge >= 0.3 is 0 Å². The van der Waals surface area contributed by atoms with E-state index in [1.165, 1.54) is 23.9 Å². The van der Waals surface area contributed by atoms with Crippen molar-refractivity contribution in [2.45, 2.75) is 36.6 Å². The van der Waals surface area contributed by atoms with Crippen LogP contribution in [0.2, 0.25) is 0 Å². The average Bonchev–Trinajstić information content (AvgIpc) is 2.84. The van der Waals surface area contributed by atoms with Crippen molar-refractivity contribution in [2.75, 3.05) is 16.8 Å². The fourth-order valence-corrected chi connectivity index (χ4v) is 5.18. The van der Waals surface area contributed by atoms with Crippen LogP contribution in [0.3, 0.4) is 0 Å². The number of thioether (sulfide) groups is 1. The molecule has 8 heteroatoms. The quantitative estimate of drug-likeness (QED) is 0.732. The van der Waals surface area contributed by atoms with Gasteiger partial charge in [-0.25, -0.2) is 8.42 Å². The molecule has 1 aliphatic rings. The molecule has 29 heavy (non-hydrogen) atoms. The fraction of sp³-hybridized carbons (Fsp3) is 0.333. The van der Waals surface area contributed by atoms with Gasteiger partial charge in [-0.2, -0.15) is 0 Å². The summed E-state index contributed by atoms with van der Waals surface area (Å²) in [5.41, 5.74) is 2.57. The Hall–Kier alpha value is -2.32. The zero-order chi connectivity index (χ0) is 21.0. The van der Waals surface area contributed by atoms with E-state index in [1.807, 2.05) is 38.1 Å². The Morgan fingerprint density at radius 3 is 2.76 bits per heavy atom. The van der Waals surface area contributed by atoms with E-state index in [0.717, 1.165) is 16.0 Å². The molecule has 0 saturated carbocycles. The average molecular weight is 433 g/mol. The minimum absolute atomic E-state index is 0.110. The molecule has 3 rings (SSSR count). The molecule has 154 valence electrons. The van der Waals surface area contributed by atoms with Crippen LogP contribution in [0.5, 0.6) is 0 Å². The van der Waals surface area contributed by atoms with Crippen molar-refractivity contribution in [1.29, 1.82) is 0 Å². The van der Waals surface area contributed by atoms with Gasteiger partial charge in [0.15, 0.2) is 9.84 Å². The predicted molar refractivity (Wildman–Crippen MR) is 115 cm³/mol. The first-order valence-corrected chi connectivity index (χ1v) is 12.0. The van der Waals surface area contributed by atoms with Gasteiger partial charge in [0.25, 0.3) is 0 Å². The fourth-order valence-electron chi connectivity index (χ4n) is 2.91. The lowest BCUT2D eigenvalue weighted by Gasteiger charge is -2.11. The molecule has 1 atom stereocenters. The van der Waals surface area contributed by atoms with E-state index in [1.54, 1.807) is 6.07 Å². The van der Waals surface area contributed by atoms with E-state index >= 15 is 0 Å². The lowest BCUT2D eigenvalue weighted by atomic mass is 10.1. The number of amides is 2. The normalized spacial score (nSPS) is 16.5. The molecule has 0 bridgehead atoms. The van der Waals surface area contributed by atoms with Crippen LogP contribution in [-0.2, 0) is 26.0 Å². The van der Waals surface area contributed by atoms with Gasteiger partial charge in [0.2, 0.25) is 11.8 Å². The second-order valence-corrected chi connectivity index (χ2v) is 10.3. The van der Waals surface area contributed by atoms with Crippen molar-refractivity contribution in [3.8, 4) is 0 Å². The summed E-state index contributed by atoms with van der Waals surface area (Å²) in [6, 6.07) is 12.4. The Kier molecular flexibility index (Phi) is 6.64. The van der Waals surface area contributed by atoms with Crippen molar-refractivity contribution in [3.63, 3.8) is 0 Å². The Morgan fingerprint density at radius 2 is 2.00 bits per heavy atom. The van der Waals surface area contributed by atoms with E-state index in [9.17, 15) is 18.0 Å². The van der Waals surface area contributed by atoms with Crippen LogP contribution in [0.15, 0.2) is 52.3 Å². The number of anilines is 1. The highest BCUT2D eigenvalue weighted by molar-refractivity contribution is 7.99. The number of rotatable bonds is 6. The summed E-state index contributed by atoms with van der Waals surface area (Å²) >= 11 is 1.52. The lowest BCUT2D eigenvalue weighted by molar-refractivity contribution is -0.121. The predicted octanol–water partition coefficient (Wildman–Crippen LogP) is 3.16. The molecule has 0 unspecified atom stereocenters. The summed E-state index contributed by atoms with van der Waals surface area (Å²) in [4.78, 5) is 25.1. The Bertz CT molecular complexity index is 1030. The van der Waals surface area contributed by atoms with Gasteiger partial charge in [-0.05, 0) is 36.2 Å². The highest BCUT2D eigenvalue weighted by Gasteiger charge is 2.23. The summed E-state index contributed by atoms with van der Waals surface area (Å²) in [7, 11) is -3.64. The van der Waals surface area contributed by atoms with Gasteiger partial charge in [-0.1, -0.05) is 31.2 Å². The van der Waals surface area contributed by atoms with Crippen LogP contribution in [0.4, 0.5) is 5.69 Å². The monoisotopic (exact) mass is 432 g/mol. The van der Waals surface area contributed by atoms with Crippen LogP contribution < -0.4 is 10.6 Å². The minimum atomic E-state index is -3.64. The summed E-state index contributed by atoms with van der Waals surface area (Å²) in [6.45, 7) is 4.16. The Balaban J connectivity index is 1.62. The van der Waals surface area contributed by atoms with Gasteiger partial charge in [0.05, 0.1) is 16.3 Å². The van der Waals surface area contributed by atoms with Crippen LogP contribution in [-0.4, -0.2) is 31.7 Å². The number of aryl methyl sites for hydroxylation is 1. The van der Waals surface area contributed by atoms with Crippen molar-refractivity contribution in [3.05, 3.63) is 53.6 Å². The number of fused-ring (bicyclic) bond motifs is 1. The molecule has 2 amide bonds. The number of hydrogen-bond donors (Lipinski definition) is 2. The van der Waals surface area contributed by atoms with Gasteiger partial charge in [0.1, 0.15) is 0 Å². The number of benzene rings is 2. The number of sulfone groups is 1. The second kappa shape index (κ2) is 9.00. The maximum Gasteiger partial charge on any atom is 0.228 e. The summed E-state index contributed by atoms with van der Waals surface area (Å²) in [6.07, 6.45) is -0.122. The van der Waals surface area contributed by atoms with Crippen molar-refractivity contribution in [1.82, 2.24) is 5.32 Å². The standard InChI is InChI=1S/C21H24N2O4S2/c1-14-5-3-4-6-16(14)12-22-20(24)9-10-29(26,27)17-7-8-19-18(11-17)23-21(25)15(2)13-28-19/h3-8,11,15H,9-10,12-13H2,1-2H3,(H,22,24)(H,23,25)/t15-/m0/s1. The molecule has 0 aromatic heterocycles. The van der Waals surface area contributed by atoms with E-state index in [4.69, 9.17) is 0 Å². The highest BCUT2D eigenvalue weighted by Crippen LogP contribution is 2.34. The molecule has 0 saturated heterocycles. The van der Waals surface area contributed by atoms with E-state index in [2.05, 4.69) is 10.6 Å². The number of hydrogen-bond acceptors (Lipinski definition) is 5. The molecule has 0 aliphatic carbocycles. The first-order chi connectivity index (χ1) is 13.8. The van der Waals surface area contributed by atoms with E-state index in [-0.39, 0.29) is 34.8 Å². The molecular formula is C21H24N2O4S2. The maximum atomic E-state index is 12.7. The summed E-state index contributed by atoms with van der Waals surface area (Å²) in [5.74, 6) is -0.232.